The van der Waals surface area contributed by atoms with Crippen LogP contribution < -0.4 is 10.5 Å². The second-order valence-corrected chi connectivity index (χ2v) is 6.69. The molecule has 0 aliphatic carbocycles. The third-order valence-electron chi connectivity index (χ3n) is 2.77. The van der Waals surface area contributed by atoms with Crippen LogP contribution in [0.1, 0.15) is 6.42 Å². The Morgan fingerprint density at radius 1 is 1.05 bits per heavy atom. The summed E-state index contributed by atoms with van der Waals surface area (Å²) in [6, 6.07) is 12.3. The molecule has 112 valence electrons. The summed E-state index contributed by atoms with van der Waals surface area (Å²) < 4.78 is 17.8. The fourth-order valence-electron chi connectivity index (χ4n) is 1.75. The Balaban J connectivity index is 1.83. The minimum atomic E-state index is -1.23. The Morgan fingerprint density at radius 2 is 1.67 bits per heavy atom. The Bertz CT molecular complexity index is 612. The van der Waals surface area contributed by atoms with Crippen molar-refractivity contribution in [1.82, 2.24) is 0 Å². The molecule has 6 heteroatoms. The van der Waals surface area contributed by atoms with Gasteiger partial charge in [-0.25, -0.2) is 0 Å². The quantitative estimate of drug-likeness (QED) is 0.633. The van der Waals surface area contributed by atoms with E-state index in [-0.39, 0.29) is 0 Å². The van der Waals surface area contributed by atoms with Crippen molar-refractivity contribution in [2.45, 2.75) is 11.3 Å². The van der Waals surface area contributed by atoms with Crippen molar-refractivity contribution in [1.29, 1.82) is 0 Å². The molecule has 0 saturated heterocycles. The number of nitrogen functional groups attached to an aromatic ring is 1. The first-order chi connectivity index (χ1) is 10.1. The highest BCUT2D eigenvalue weighted by atomic mass is 35.5. The maximum Gasteiger partial charge on any atom is 0.119 e. The maximum atomic E-state index is 12.2. The van der Waals surface area contributed by atoms with E-state index in [9.17, 15) is 4.21 Å². The minimum absolute atomic E-state index is 0.431. The van der Waals surface area contributed by atoms with Gasteiger partial charge in [0.05, 0.1) is 32.3 Å². The Hall–Kier alpha value is -1.23. The summed E-state index contributed by atoms with van der Waals surface area (Å²) in [7, 11) is -1.23. The van der Waals surface area contributed by atoms with Crippen LogP contribution in [0.4, 0.5) is 5.69 Å². The lowest BCUT2D eigenvalue weighted by Gasteiger charge is -2.08. The van der Waals surface area contributed by atoms with Crippen molar-refractivity contribution >= 4 is 39.7 Å². The molecule has 0 radical (unpaired) electrons. The molecule has 0 aliphatic heterocycles. The van der Waals surface area contributed by atoms with Crippen LogP contribution in [-0.4, -0.2) is 16.6 Å². The second-order valence-electron chi connectivity index (χ2n) is 4.37. The third-order valence-corrected chi connectivity index (χ3v) is 5.18. The summed E-state index contributed by atoms with van der Waals surface area (Å²) in [4.78, 5) is 0.494. The molecule has 0 spiro atoms. The van der Waals surface area contributed by atoms with Gasteiger partial charge in [0.1, 0.15) is 5.75 Å². The molecular formula is C15H15Cl2NO2S. The van der Waals surface area contributed by atoms with Crippen molar-refractivity contribution in [3.63, 3.8) is 0 Å². The zero-order valence-corrected chi connectivity index (χ0v) is 13.5. The molecule has 21 heavy (non-hydrogen) atoms. The van der Waals surface area contributed by atoms with Crippen LogP contribution in [0.5, 0.6) is 5.75 Å². The van der Waals surface area contributed by atoms with Crippen molar-refractivity contribution < 1.29 is 8.95 Å². The predicted octanol–water partition coefficient (Wildman–Crippen LogP) is 4.15. The van der Waals surface area contributed by atoms with Gasteiger partial charge in [0.25, 0.3) is 0 Å². The average Bonchev–Trinajstić information content (AvgIpc) is 2.45. The van der Waals surface area contributed by atoms with E-state index in [2.05, 4.69) is 0 Å². The number of benzene rings is 2. The number of ether oxygens (including phenoxy) is 1. The van der Waals surface area contributed by atoms with Crippen molar-refractivity contribution in [2.75, 3.05) is 18.1 Å². The van der Waals surface area contributed by atoms with Gasteiger partial charge in [0.15, 0.2) is 0 Å². The van der Waals surface area contributed by atoms with Crippen LogP contribution in [0, 0.1) is 0 Å². The fourth-order valence-corrected chi connectivity index (χ4v) is 3.82. The zero-order valence-electron chi connectivity index (χ0n) is 11.2. The van der Waals surface area contributed by atoms with E-state index >= 15 is 0 Å². The van der Waals surface area contributed by atoms with Crippen molar-refractivity contribution in [2.24, 2.45) is 0 Å². The highest BCUT2D eigenvalue weighted by Gasteiger charge is 2.12. The molecule has 2 rings (SSSR count). The molecule has 0 heterocycles. The van der Waals surface area contributed by atoms with Crippen molar-refractivity contribution in [3.8, 4) is 5.75 Å². The molecule has 0 bridgehead atoms. The van der Waals surface area contributed by atoms with Gasteiger partial charge in [-0.05, 0) is 42.8 Å². The molecular weight excluding hydrogens is 329 g/mol. The molecule has 2 aromatic carbocycles. The standard InChI is InChI=1S/C15H15Cl2NO2S/c16-13-3-1-4-14(17)15(13)21(19)10-2-9-20-12-7-5-11(18)6-8-12/h1,3-8H,2,9-10,18H2. The molecule has 2 aromatic rings. The highest BCUT2D eigenvalue weighted by Crippen LogP contribution is 2.28. The number of halogens is 2. The number of nitrogens with two attached hydrogens (primary N) is 1. The first-order valence-electron chi connectivity index (χ1n) is 6.38. The van der Waals surface area contributed by atoms with Gasteiger partial charge in [-0.15, -0.1) is 0 Å². The molecule has 1 unspecified atom stereocenters. The van der Waals surface area contributed by atoms with Gasteiger partial charge in [-0.3, -0.25) is 4.21 Å². The normalized spacial score (nSPS) is 12.1. The van der Waals surface area contributed by atoms with Gasteiger partial charge in [-0.2, -0.15) is 0 Å². The topological polar surface area (TPSA) is 52.3 Å². The number of rotatable bonds is 6. The fraction of sp³-hybridized carbons (Fsp3) is 0.200. The predicted molar refractivity (Wildman–Crippen MR) is 88.7 cm³/mol. The number of hydrogen-bond acceptors (Lipinski definition) is 3. The number of anilines is 1. The summed E-state index contributed by atoms with van der Waals surface area (Å²) in [6.45, 7) is 0.470. The summed E-state index contributed by atoms with van der Waals surface area (Å²) >= 11 is 12.1. The Labute approximate surface area is 136 Å². The van der Waals surface area contributed by atoms with Crippen LogP contribution in [0.2, 0.25) is 10.0 Å². The van der Waals surface area contributed by atoms with Gasteiger partial charge < -0.3 is 10.5 Å². The monoisotopic (exact) mass is 343 g/mol. The Morgan fingerprint density at radius 3 is 2.29 bits per heavy atom. The first-order valence-corrected chi connectivity index (χ1v) is 8.46. The van der Waals surface area contributed by atoms with E-state index < -0.39 is 10.8 Å². The van der Waals surface area contributed by atoms with Gasteiger partial charge in [0, 0.05) is 11.4 Å². The van der Waals surface area contributed by atoms with Crippen LogP contribution in [-0.2, 0) is 10.8 Å². The van der Waals surface area contributed by atoms with E-state index in [0.29, 0.717) is 39.4 Å². The van der Waals surface area contributed by atoms with Gasteiger partial charge in [0.2, 0.25) is 0 Å². The van der Waals surface area contributed by atoms with E-state index in [1.165, 1.54) is 0 Å². The summed E-state index contributed by atoms with van der Waals surface area (Å²) in [5, 5.41) is 0.862. The molecule has 0 fully saturated rings. The van der Waals surface area contributed by atoms with Crippen LogP contribution in [0.3, 0.4) is 0 Å². The lowest BCUT2D eigenvalue weighted by atomic mass is 10.3. The lowest BCUT2D eigenvalue weighted by Crippen LogP contribution is -2.06. The maximum absolute atomic E-state index is 12.2. The Kier molecular flexibility index (Phi) is 5.91. The molecule has 0 saturated carbocycles. The summed E-state index contributed by atoms with van der Waals surface area (Å²) in [5.74, 6) is 1.18. The molecule has 2 N–H and O–H groups in total. The first kappa shape index (κ1) is 16.1. The average molecular weight is 344 g/mol. The molecule has 0 amide bonds. The van der Waals surface area contributed by atoms with Crippen LogP contribution >= 0.6 is 23.2 Å². The van der Waals surface area contributed by atoms with E-state index in [1.807, 2.05) is 0 Å². The number of hydrogen-bond donors (Lipinski definition) is 1. The third kappa shape index (κ3) is 4.63. The highest BCUT2D eigenvalue weighted by molar-refractivity contribution is 7.85. The van der Waals surface area contributed by atoms with Gasteiger partial charge >= 0.3 is 0 Å². The van der Waals surface area contributed by atoms with Crippen molar-refractivity contribution in [3.05, 3.63) is 52.5 Å². The van der Waals surface area contributed by atoms with E-state index in [0.717, 1.165) is 5.75 Å². The summed E-state index contributed by atoms with van der Waals surface area (Å²) in [6.07, 6.45) is 0.637. The van der Waals surface area contributed by atoms with E-state index in [4.69, 9.17) is 33.7 Å². The molecule has 0 aliphatic rings. The smallest absolute Gasteiger partial charge is 0.119 e. The van der Waals surface area contributed by atoms with E-state index in [1.54, 1.807) is 42.5 Å². The molecule has 3 nitrogen and oxygen atoms in total. The lowest BCUT2D eigenvalue weighted by molar-refractivity contribution is 0.318. The van der Waals surface area contributed by atoms with Crippen LogP contribution in [0.25, 0.3) is 0 Å². The second kappa shape index (κ2) is 7.69. The van der Waals surface area contributed by atoms with Gasteiger partial charge in [-0.1, -0.05) is 29.3 Å². The van der Waals surface area contributed by atoms with Crippen LogP contribution in [0.15, 0.2) is 47.4 Å². The minimum Gasteiger partial charge on any atom is -0.494 e. The summed E-state index contributed by atoms with van der Waals surface area (Å²) in [5.41, 5.74) is 6.28. The largest absolute Gasteiger partial charge is 0.494 e. The SMILES string of the molecule is Nc1ccc(OCCCS(=O)c2c(Cl)cccc2Cl)cc1. The molecule has 0 aromatic heterocycles. The zero-order chi connectivity index (χ0) is 15.2. The molecule has 1 atom stereocenters.